The van der Waals surface area contributed by atoms with Crippen LogP contribution in [0.25, 0.3) is 0 Å². The molecule has 1 aliphatic heterocycles. The van der Waals surface area contributed by atoms with Gasteiger partial charge in [0.2, 0.25) is 0 Å². The van der Waals surface area contributed by atoms with E-state index in [0.717, 1.165) is 4.31 Å². The molecule has 1 unspecified atom stereocenters. The molecule has 0 amide bonds. The van der Waals surface area contributed by atoms with Gasteiger partial charge in [0.25, 0.3) is 0 Å². The van der Waals surface area contributed by atoms with Crippen molar-refractivity contribution in [2.24, 2.45) is 5.41 Å². The average Bonchev–Trinajstić information content (AvgIpc) is 2.30. The van der Waals surface area contributed by atoms with Gasteiger partial charge in [-0.05, 0) is 0 Å². The van der Waals surface area contributed by atoms with Gasteiger partial charge in [0.05, 0.1) is 12.7 Å². The molecular weight excluding hydrogens is 182 g/mol. The quantitative estimate of drug-likeness (QED) is 0.522. The zero-order valence-electron chi connectivity index (χ0n) is 6.77. The van der Waals surface area contributed by atoms with Crippen molar-refractivity contribution in [3.63, 3.8) is 0 Å². The summed E-state index contributed by atoms with van der Waals surface area (Å²) in [5.41, 5.74) is -0.708. The summed E-state index contributed by atoms with van der Waals surface area (Å²) in [4.78, 5) is 0. The van der Waals surface area contributed by atoms with E-state index in [1.807, 2.05) is 0 Å². The average molecular weight is 194 g/mol. The number of hydrogen-bond acceptors (Lipinski definition) is 4. The summed E-state index contributed by atoms with van der Waals surface area (Å²) < 4.78 is 22.1. The number of nitrogens with zero attached hydrogens (tertiary/aromatic N) is 1. The van der Waals surface area contributed by atoms with Crippen LogP contribution in [0.2, 0.25) is 0 Å². The third-order valence-electron chi connectivity index (χ3n) is 2.29. The Kier molecular flexibility index (Phi) is 2.84. The lowest BCUT2D eigenvalue weighted by atomic mass is 9.89. The summed E-state index contributed by atoms with van der Waals surface area (Å²) in [5.74, 6) is 0. The van der Waals surface area contributed by atoms with Gasteiger partial charge in [0.15, 0.2) is 0 Å². The Morgan fingerprint density at radius 2 is 2.42 bits per heavy atom. The van der Waals surface area contributed by atoms with Crippen LogP contribution in [0.3, 0.4) is 0 Å². The molecule has 72 valence electrons. The Bertz CT molecular complexity index is 200. The van der Waals surface area contributed by atoms with E-state index in [1.165, 1.54) is 0 Å². The lowest BCUT2D eigenvalue weighted by Gasteiger charge is -2.24. The second-order valence-electron chi connectivity index (χ2n) is 3.37. The van der Waals surface area contributed by atoms with Crippen molar-refractivity contribution in [3.8, 4) is 0 Å². The van der Waals surface area contributed by atoms with Crippen molar-refractivity contribution in [1.82, 2.24) is 4.31 Å². The molecule has 0 aromatic heterocycles. The van der Waals surface area contributed by atoms with Crippen LogP contribution in [0.15, 0.2) is 0 Å². The molecule has 5 nitrogen and oxygen atoms in total. The van der Waals surface area contributed by atoms with E-state index >= 15 is 0 Å². The van der Waals surface area contributed by atoms with Crippen molar-refractivity contribution in [3.05, 3.63) is 0 Å². The zero-order chi connectivity index (χ0) is 9.35. The maximum absolute atomic E-state index is 10.5. The third-order valence-corrected chi connectivity index (χ3v) is 2.99. The largest absolute Gasteiger partial charge is 0.760 e. The van der Waals surface area contributed by atoms with E-state index in [-0.39, 0.29) is 19.7 Å². The fraction of sp³-hybridized carbons (Fsp3) is 1.00. The number of β-amino-alcohol motifs (C(OH)–C–C–N with tert-alkyl or cyclic N) is 1. The summed E-state index contributed by atoms with van der Waals surface area (Å²) in [6.07, 6.45) is -0.777. The van der Waals surface area contributed by atoms with E-state index in [4.69, 9.17) is 5.11 Å². The minimum Gasteiger partial charge on any atom is -0.760 e. The van der Waals surface area contributed by atoms with Crippen LogP contribution in [-0.4, -0.2) is 49.1 Å². The molecule has 1 aliphatic rings. The van der Waals surface area contributed by atoms with Crippen LogP contribution in [0.1, 0.15) is 6.92 Å². The van der Waals surface area contributed by atoms with Crippen LogP contribution in [-0.2, 0) is 11.3 Å². The molecule has 0 saturated carbocycles. The fourth-order valence-electron chi connectivity index (χ4n) is 1.26. The van der Waals surface area contributed by atoms with E-state index in [9.17, 15) is 13.9 Å². The Balaban J connectivity index is 2.68. The number of aliphatic hydroxyl groups excluding tert-OH is 2. The van der Waals surface area contributed by atoms with Crippen molar-refractivity contribution in [1.29, 1.82) is 0 Å². The van der Waals surface area contributed by atoms with Gasteiger partial charge in [-0.25, -0.2) is 4.31 Å². The van der Waals surface area contributed by atoms with E-state index < -0.39 is 22.8 Å². The molecule has 0 radical (unpaired) electrons. The van der Waals surface area contributed by atoms with Crippen LogP contribution in [0.5, 0.6) is 0 Å². The summed E-state index contributed by atoms with van der Waals surface area (Å²) in [6, 6.07) is 0. The van der Waals surface area contributed by atoms with Crippen molar-refractivity contribution in [2.45, 2.75) is 13.0 Å². The van der Waals surface area contributed by atoms with Gasteiger partial charge in [0.1, 0.15) is 0 Å². The summed E-state index contributed by atoms with van der Waals surface area (Å²) in [7, 11) is 0. The summed E-state index contributed by atoms with van der Waals surface area (Å²) in [6.45, 7) is 1.71. The molecule has 1 rings (SSSR count). The Morgan fingerprint density at radius 3 is 2.67 bits per heavy atom. The molecule has 0 aromatic rings. The molecule has 2 N–H and O–H groups in total. The van der Waals surface area contributed by atoms with Crippen molar-refractivity contribution < 1.29 is 19.0 Å². The van der Waals surface area contributed by atoms with Gasteiger partial charge in [-0.1, -0.05) is 6.92 Å². The molecule has 0 spiro atoms. The second kappa shape index (κ2) is 3.39. The molecule has 0 aromatic carbocycles. The van der Waals surface area contributed by atoms with Crippen molar-refractivity contribution >= 4 is 11.3 Å². The maximum atomic E-state index is 10.5. The van der Waals surface area contributed by atoms with Crippen LogP contribution < -0.4 is 0 Å². The standard InChI is InChI=1S/C6H13NO4S/c1-6(4-8)3-7(12(10)11)2-5(6)9/h5,8-9H,2-4H2,1H3,(H,10,11)/p-1/t5-,6-/m0/s1. The highest BCUT2D eigenvalue weighted by Crippen LogP contribution is 2.29. The van der Waals surface area contributed by atoms with Crippen LogP contribution in [0, 0.1) is 5.41 Å². The monoisotopic (exact) mass is 194 g/mol. The normalized spacial score (nSPS) is 40.2. The molecule has 6 heteroatoms. The van der Waals surface area contributed by atoms with E-state index in [2.05, 4.69) is 0 Å². The molecule has 0 bridgehead atoms. The highest BCUT2D eigenvalue weighted by Gasteiger charge is 2.42. The molecule has 1 fully saturated rings. The van der Waals surface area contributed by atoms with E-state index in [0.29, 0.717) is 0 Å². The number of hydrogen-bond donors (Lipinski definition) is 2. The number of rotatable bonds is 2. The molecular formula is C6H12NO4S-. The predicted molar refractivity (Wildman–Crippen MR) is 41.7 cm³/mol. The maximum Gasteiger partial charge on any atom is 0.0765 e. The molecule has 12 heavy (non-hydrogen) atoms. The zero-order valence-corrected chi connectivity index (χ0v) is 7.58. The fourth-order valence-corrected chi connectivity index (χ4v) is 1.92. The molecule has 1 saturated heterocycles. The highest BCUT2D eigenvalue weighted by atomic mass is 32.2. The first-order valence-corrected chi connectivity index (χ1v) is 4.66. The van der Waals surface area contributed by atoms with Crippen molar-refractivity contribution in [2.75, 3.05) is 19.7 Å². The van der Waals surface area contributed by atoms with Gasteiger partial charge < -0.3 is 14.8 Å². The van der Waals surface area contributed by atoms with Gasteiger partial charge in [-0.15, -0.1) is 0 Å². The van der Waals surface area contributed by atoms with Crippen LogP contribution in [0.4, 0.5) is 0 Å². The highest BCUT2D eigenvalue weighted by molar-refractivity contribution is 7.76. The lowest BCUT2D eigenvalue weighted by Crippen LogP contribution is -2.34. The predicted octanol–water partition coefficient (Wildman–Crippen LogP) is -1.54. The van der Waals surface area contributed by atoms with E-state index in [1.54, 1.807) is 6.92 Å². The Morgan fingerprint density at radius 1 is 1.83 bits per heavy atom. The third kappa shape index (κ3) is 1.67. The molecule has 1 heterocycles. The van der Waals surface area contributed by atoms with Gasteiger partial charge in [-0.3, -0.25) is 4.21 Å². The SMILES string of the molecule is C[C@@]1(CO)CN(S(=O)[O-])C[C@@H]1O. The molecule has 0 aliphatic carbocycles. The first-order valence-electron chi connectivity index (χ1n) is 3.63. The topological polar surface area (TPSA) is 83.8 Å². The summed E-state index contributed by atoms with van der Waals surface area (Å²) >= 11 is -2.30. The minimum absolute atomic E-state index is 0.0766. The summed E-state index contributed by atoms with van der Waals surface area (Å²) in [5, 5.41) is 18.3. The number of aliphatic hydroxyl groups is 2. The Labute approximate surface area is 73.4 Å². The molecule has 3 atom stereocenters. The van der Waals surface area contributed by atoms with Gasteiger partial charge in [0, 0.05) is 29.8 Å². The van der Waals surface area contributed by atoms with Gasteiger partial charge >= 0.3 is 0 Å². The Hall–Kier alpha value is -0.0100. The van der Waals surface area contributed by atoms with Gasteiger partial charge in [-0.2, -0.15) is 0 Å². The second-order valence-corrected chi connectivity index (χ2v) is 4.32. The first-order chi connectivity index (χ1) is 5.49. The minimum atomic E-state index is -2.30. The first kappa shape index (κ1) is 10.1. The smallest absolute Gasteiger partial charge is 0.0765 e. The van der Waals surface area contributed by atoms with Crippen LogP contribution >= 0.6 is 0 Å². The lowest BCUT2D eigenvalue weighted by molar-refractivity contribution is 0.0343.